The van der Waals surface area contributed by atoms with Crippen molar-refractivity contribution in [2.45, 2.75) is 13.3 Å². The van der Waals surface area contributed by atoms with E-state index in [-0.39, 0.29) is 0 Å². The lowest BCUT2D eigenvalue weighted by Gasteiger charge is -1.96. The average Bonchev–Trinajstić information content (AvgIpc) is 2.98. The molecule has 0 aliphatic rings. The molecule has 0 aliphatic carbocycles. The van der Waals surface area contributed by atoms with E-state index in [0.29, 0.717) is 17.4 Å². The van der Waals surface area contributed by atoms with Crippen molar-refractivity contribution in [3.8, 4) is 23.0 Å². The monoisotopic (exact) mass is 252 g/mol. The van der Waals surface area contributed by atoms with Crippen LogP contribution in [-0.4, -0.2) is 20.1 Å². The second kappa shape index (κ2) is 4.97. The van der Waals surface area contributed by atoms with Crippen LogP contribution in [0.25, 0.3) is 23.0 Å². The van der Waals surface area contributed by atoms with Crippen LogP contribution in [0.5, 0.6) is 0 Å². The molecule has 0 bridgehead atoms. The molecule has 0 amide bonds. The number of aromatic nitrogens is 4. The van der Waals surface area contributed by atoms with E-state index >= 15 is 0 Å². The lowest BCUT2D eigenvalue weighted by atomic mass is 10.2. The maximum absolute atomic E-state index is 5.25. The van der Waals surface area contributed by atoms with Crippen LogP contribution in [0.15, 0.2) is 47.1 Å². The summed E-state index contributed by atoms with van der Waals surface area (Å²) in [6.45, 7) is 2.00. The highest BCUT2D eigenvalue weighted by molar-refractivity contribution is 5.57. The van der Waals surface area contributed by atoms with Crippen LogP contribution in [0, 0.1) is 0 Å². The molecule has 2 heterocycles. The molecule has 0 spiro atoms. The van der Waals surface area contributed by atoms with E-state index in [1.54, 1.807) is 12.3 Å². The molecule has 0 saturated heterocycles. The van der Waals surface area contributed by atoms with E-state index in [9.17, 15) is 0 Å². The van der Waals surface area contributed by atoms with Crippen LogP contribution in [-0.2, 0) is 6.42 Å². The van der Waals surface area contributed by atoms with Crippen LogP contribution in [0.2, 0.25) is 0 Å². The Morgan fingerprint density at radius 2 is 1.89 bits per heavy atom. The molecule has 3 aromatic rings. The van der Waals surface area contributed by atoms with Gasteiger partial charge in [0.2, 0.25) is 5.82 Å². The summed E-state index contributed by atoms with van der Waals surface area (Å²) in [4.78, 5) is 12.9. The van der Waals surface area contributed by atoms with Crippen LogP contribution >= 0.6 is 0 Å². The Bertz CT molecular complexity index is 679. The van der Waals surface area contributed by atoms with E-state index in [1.807, 2.05) is 37.3 Å². The third kappa shape index (κ3) is 2.35. The van der Waals surface area contributed by atoms with Gasteiger partial charge in [-0.05, 0) is 6.07 Å². The Morgan fingerprint density at radius 1 is 1.05 bits per heavy atom. The Kier molecular flexibility index (Phi) is 3.02. The number of hydrogen-bond acceptors (Lipinski definition) is 5. The smallest absolute Gasteiger partial charge is 0.276 e. The van der Waals surface area contributed by atoms with Gasteiger partial charge in [0.25, 0.3) is 5.89 Å². The molecular weight excluding hydrogens is 240 g/mol. The molecule has 0 aliphatic heterocycles. The summed E-state index contributed by atoms with van der Waals surface area (Å²) in [6.07, 6.45) is 2.47. The van der Waals surface area contributed by atoms with Gasteiger partial charge >= 0.3 is 0 Å². The maximum atomic E-state index is 5.25. The first kappa shape index (κ1) is 11.5. The Labute approximate surface area is 110 Å². The summed E-state index contributed by atoms with van der Waals surface area (Å²) in [7, 11) is 0. The summed E-state index contributed by atoms with van der Waals surface area (Å²) >= 11 is 0. The summed E-state index contributed by atoms with van der Waals surface area (Å²) in [5.41, 5.74) is 1.57. The van der Waals surface area contributed by atoms with Crippen molar-refractivity contribution in [1.82, 2.24) is 20.1 Å². The van der Waals surface area contributed by atoms with Crippen LogP contribution in [0.3, 0.4) is 0 Å². The van der Waals surface area contributed by atoms with Gasteiger partial charge in [0.1, 0.15) is 11.5 Å². The van der Waals surface area contributed by atoms with Gasteiger partial charge in [0.05, 0.1) is 0 Å². The standard InChI is InChI=1S/C14H12N4O/c1-2-12-15-9-8-11(16-12)14-17-13(18-19-14)10-6-4-3-5-7-10/h3-9H,2H2,1H3. The largest absolute Gasteiger partial charge is 0.332 e. The van der Waals surface area contributed by atoms with Crippen molar-refractivity contribution < 1.29 is 4.52 Å². The van der Waals surface area contributed by atoms with Gasteiger partial charge in [0.15, 0.2) is 0 Å². The highest BCUT2D eigenvalue weighted by Crippen LogP contribution is 2.20. The topological polar surface area (TPSA) is 64.7 Å². The highest BCUT2D eigenvalue weighted by atomic mass is 16.5. The normalized spacial score (nSPS) is 10.6. The number of rotatable bonds is 3. The Morgan fingerprint density at radius 3 is 2.68 bits per heavy atom. The fourth-order valence-electron chi connectivity index (χ4n) is 1.72. The predicted octanol–water partition coefficient (Wildman–Crippen LogP) is 2.76. The molecule has 1 aromatic carbocycles. The van der Waals surface area contributed by atoms with Crippen molar-refractivity contribution in [3.63, 3.8) is 0 Å². The summed E-state index contributed by atoms with van der Waals surface area (Å²) in [5, 5.41) is 3.97. The van der Waals surface area contributed by atoms with Crippen molar-refractivity contribution in [2.75, 3.05) is 0 Å². The van der Waals surface area contributed by atoms with Crippen molar-refractivity contribution >= 4 is 0 Å². The number of benzene rings is 1. The molecule has 0 N–H and O–H groups in total. The number of nitrogens with zero attached hydrogens (tertiary/aromatic N) is 4. The second-order valence-electron chi connectivity index (χ2n) is 4.00. The van der Waals surface area contributed by atoms with Crippen molar-refractivity contribution in [2.24, 2.45) is 0 Å². The molecule has 94 valence electrons. The molecule has 19 heavy (non-hydrogen) atoms. The molecule has 0 fully saturated rings. The molecule has 0 saturated carbocycles. The zero-order valence-electron chi connectivity index (χ0n) is 10.4. The van der Waals surface area contributed by atoms with Gasteiger partial charge < -0.3 is 4.52 Å². The predicted molar refractivity (Wildman–Crippen MR) is 70.1 cm³/mol. The summed E-state index contributed by atoms with van der Waals surface area (Å²) < 4.78 is 5.25. The molecule has 0 unspecified atom stereocenters. The second-order valence-corrected chi connectivity index (χ2v) is 4.00. The van der Waals surface area contributed by atoms with Gasteiger partial charge in [-0.1, -0.05) is 42.4 Å². The average molecular weight is 252 g/mol. The third-order valence-electron chi connectivity index (χ3n) is 2.70. The maximum Gasteiger partial charge on any atom is 0.276 e. The molecule has 0 radical (unpaired) electrons. The molecule has 0 atom stereocenters. The minimum Gasteiger partial charge on any atom is -0.332 e. The lowest BCUT2D eigenvalue weighted by molar-refractivity contribution is 0.430. The summed E-state index contributed by atoms with van der Waals surface area (Å²) in [5.74, 6) is 1.74. The minimum absolute atomic E-state index is 0.413. The molecule has 3 rings (SSSR count). The lowest BCUT2D eigenvalue weighted by Crippen LogP contribution is -1.93. The quantitative estimate of drug-likeness (QED) is 0.717. The SMILES string of the molecule is CCc1nccc(-c2nc(-c3ccccc3)no2)n1. The Balaban J connectivity index is 1.97. The highest BCUT2D eigenvalue weighted by Gasteiger charge is 2.11. The van der Waals surface area contributed by atoms with Crippen molar-refractivity contribution in [1.29, 1.82) is 0 Å². The first-order valence-corrected chi connectivity index (χ1v) is 6.08. The summed E-state index contributed by atoms with van der Waals surface area (Å²) in [6, 6.07) is 11.5. The van der Waals surface area contributed by atoms with E-state index < -0.39 is 0 Å². The number of aryl methyl sites for hydroxylation is 1. The molecule has 5 nitrogen and oxygen atoms in total. The van der Waals surface area contributed by atoms with E-state index in [0.717, 1.165) is 17.8 Å². The zero-order valence-corrected chi connectivity index (χ0v) is 10.4. The van der Waals surface area contributed by atoms with Gasteiger partial charge in [0, 0.05) is 18.2 Å². The van der Waals surface area contributed by atoms with E-state index in [4.69, 9.17) is 4.52 Å². The van der Waals surface area contributed by atoms with Gasteiger partial charge in [-0.15, -0.1) is 0 Å². The van der Waals surface area contributed by atoms with E-state index in [2.05, 4.69) is 20.1 Å². The minimum atomic E-state index is 0.413. The zero-order chi connectivity index (χ0) is 13.1. The van der Waals surface area contributed by atoms with Crippen LogP contribution in [0.4, 0.5) is 0 Å². The van der Waals surface area contributed by atoms with E-state index in [1.165, 1.54) is 0 Å². The molecule has 2 aromatic heterocycles. The third-order valence-corrected chi connectivity index (χ3v) is 2.70. The van der Waals surface area contributed by atoms with Crippen LogP contribution in [0.1, 0.15) is 12.7 Å². The fourth-order valence-corrected chi connectivity index (χ4v) is 1.72. The first-order valence-electron chi connectivity index (χ1n) is 6.08. The van der Waals surface area contributed by atoms with Gasteiger partial charge in [-0.2, -0.15) is 4.98 Å². The van der Waals surface area contributed by atoms with Gasteiger partial charge in [-0.3, -0.25) is 0 Å². The van der Waals surface area contributed by atoms with Crippen LogP contribution < -0.4 is 0 Å². The first-order chi connectivity index (χ1) is 9.36. The molecule has 5 heteroatoms. The van der Waals surface area contributed by atoms with Gasteiger partial charge in [-0.25, -0.2) is 9.97 Å². The number of hydrogen-bond donors (Lipinski definition) is 0. The molecular formula is C14H12N4O. The fraction of sp³-hybridized carbons (Fsp3) is 0.143. The Hall–Kier alpha value is -2.56. The van der Waals surface area contributed by atoms with Crippen molar-refractivity contribution in [3.05, 3.63) is 48.4 Å².